The minimum Gasteiger partial charge on any atom is -0.321 e. The van der Waals surface area contributed by atoms with Crippen molar-refractivity contribution in [1.29, 1.82) is 0 Å². The van der Waals surface area contributed by atoms with E-state index in [1.54, 1.807) is 17.1 Å². The molecule has 2 heterocycles. The van der Waals surface area contributed by atoms with Gasteiger partial charge in [0.15, 0.2) is 0 Å². The first kappa shape index (κ1) is 14.8. The normalized spacial score (nSPS) is 10.6. The van der Waals surface area contributed by atoms with Crippen LogP contribution in [0, 0.1) is 0 Å². The summed E-state index contributed by atoms with van der Waals surface area (Å²) in [6.45, 7) is 0.574. The third-order valence-electron chi connectivity index (χ3n) is 2.95. The number of carbonyl (C=O) groups excluding carboxylic acids is 1. The van der Waals surface area contributed by atoms with Gasteiger partial charge in [-0.05, 0) is 33.6 Å². The van der Waals surface area contributed by atoms with Gasteiger partial charge in [0.2, 0.25) is 0 Å². The molecule has 0 fully saturated rings. The highest BCUT2D eigenvalue weighted by Crippen LogP contribution is 2.17. The number of aromatic amines is 1. The molecule has 22 heavy (non-hydrogen) atoms. The molecule has 3 rings (SSSR count). The Kier molecular flexibility index (Phi) is 4.26. The van der Waals surface area contributed by atoms with E-state index in [2.05, 4.69) is 36.5 Å². The lowest BCUT2D eigenvalue weighted by molar-refractivity contribution is 0.102. The summed E-state index contributed by atoms with van der Waals surface area (Å²) < 4.78 is 2.35. The lowest BCUT2D eigenvalue weighted by atomic mass is 10.2. The summed E-state index contributed by atoms with van der Waals surface area (Å²) >= 11 is 9.11. The van der Waals surface area contributed by atoms with Crippen LogP contribution in [0.25, 0.3) is 0 Å². The minimum absolute atomic E-state index is 0.261. The fraction of sp³-hybridized carbons (Fsp3) is 0.0714. The summed E-state index contributed by atoms with van der Waals surface area (Å²) in [6.07, 6.45) is 4.87. The Hall–Kier alpha value is -2.12. The van der Waals surface area contributed by atoms with Crippen LogP contribution in [0.1, 0.15) is 16.1 Å². The Morgan fingerprint density at radius 1 is 1.41 bits per heavy atom. The Morgan fingerprint density at radius 2 is 2.27 bits per heavy atom. The van der Waals surface area contributed by atoms with E-state index in [-0.39, 0.29) is 5.91 Å². The van der Waals surface area contributed by atoms with Gasteiger partial charge in [-0.3, -0.25) is 14.6 Å². The molecule has 6 nitrogen and oxygen atoms in total. The van der Waals surface area contributed by atoms with Crippen LogP contribution >= 0.6 is 27.5 Å². The van der Waals surface area contributed by atoms with E-state index >= 15 is 0 Å². The van der Waals surface area contributed by atoms with Crippen molar-refractivity contribution in [3.63, 3.8) is 0 Å². The molecule has 0 saturated carbocycles. The second-order valence-electron chi connectivity index (χ2n) is 4.60. The number of nitrogens with zero attached hydrogens (tertiary/aromatic N) is 3. The number of hydrogen-bond donors (Lipinski definition) is 2. The van der Waals surface area contributed by atoms with Gasteiger partial charge in [-0.15, -0.1) is 0 Å². The smallest absolute Gasteiger partial charge is 0.274 e. The molecule has 0 spiro atoms. The van der Waals surface area contributed by atoms with Crippen molar-refractivity contribution in [3.8, 4) is 0 Å². The quantitative estimate of drug-likeness (QED) is 0.729. The largest absolute Gasteiger partial charge is 0.321 e. The zero-order valence-corrected chi connectivity index (χ0v) is 13.6. The minimum atomic E-state index is -0.261. The number of aromatic nitrogens is 4. The number of H-pyrrole nitrogens is 1. The molecule has 0 aliphatic rings. The molecule has 0 radical (unpaired) electrons. The second kappa shape index (κ2) is 6.33. The number of carbonyl (C=O) groups is 1. The van der Waals surface area contributed by atoms with Crippen LogP contribution in [0.5, 0.6) is 0 Å². The fourth-order valence-electron chi connectivity index (χ4n) is 1.98. The molecular formula is C14H11BrClN5O. The predicted molar refractivity (Wildman–Crippen MR) is 87.0 cm³/mol. The molecule has 0 bridgehead atoms. The van der Waals surface area contributed by atoms with Crippen molar-refractivity contribution in [3.05, 3.63) is 63.6 Å². The number of nitrogens with one attached hydrogen (secondary N) is 2. The second-order valence-corrected chi connectivity index (χ2v) is 5.89. The number of hydrogen-bond acceptors (Lipinski definition) is 3. The molecule has 2 N–H and O–H groups in total. The highest BCUT2D eigenvalue weighted by molar-refractivity contribution is 9.10. The highest BCUT2D eigenvalue weighted by Gasteiger charge is 2.12. The maximum Gasteiger partial charge on any atom is 0.274 e. The van der Waals surface area contributed by atoms with E-state index in [9.17, 15) is 4.79 Å². The molecule has 0 saturated heterocycles. The Labute approximate surface area is 139 Å². The third-order valence-corrected chi connectivity index (χ3v) is 3.75. The van der Waals surface area contributed by atoms with Gasteiger partial charge in [0.1, 0.15) is 5.69 Å². The van der Waals surface area contributed by atoms with Crippen molar-refractivity contribution in [2.75, 3.05) is 5.32 Å². The standard InChI is InChI=1S/C14H11BrClN5O/c15-12-6-17-20-13(12)14(22)19-11-3-1-2-9(4-11)7-21-8-10(16)5-18-21/h1-6,8H,7H2,(H,17,20)(H,19,22). The van der Waals surface area contributed by atoms with Gasteiger partial charge in [0.25, 0.3) is 5.91 Å². The lowest BCUT2D eigenvalue weighted by Gasteiger charge is -2.07. The third kappa shape index (κ3) is 3.37. The van der Waals surface area contributed by atoms with Crippen molar-refractivity contribution < 1.29 is 4.79 Å². The molecule has 2 aromatic heterocycles. The number of amides is 1. The van der Waals surface area contributed by atoms with E-state index in [4.69, 9.17) is 11.6 Å². The first-order chi connectivity index (χ1) is 10.6. The summed E-state index contributed by atoms with van der Waals surface area (Å²) in [5.74, 6) is -0.261. The maximum absolute atomic E-state index is 12.1. The molecule has 1 amide bonds. The van der Waals surface area contributed by atoms with E-state index < -0.39 is 0 Å². The fourth-order valence-corrected chi connectivity index (χ4v) is 2.51. The first-order valence-electron chi connectivity index (χ1n) is 6.39. The monoisotopic (exact) mass is 379 g/mol. The summed E-state index contributed by atoms with van der Waals surface area (Å²) in [6, 6.07) is 7.54. The van der Waals surface area contributed by atoms with Crippen LogP contribution in [0.3, 0.4) is 0 Å². The highest BCUT2D eigenvalue weighted by atomic mass is 79.9. The molecule has 112 valence electrons. The van der Waals surface area contributed by atoms with E-state index in [0.29, 0.717) is 27.4 Å². The SMILES string of the molecule is O=C(Nc1cccc(Cn2cc(Cl)cn2)c1)c1[nH]ncc1Br. The molecule has 1 aromatic carbocycles. The lowest BCUT2D eigenvalue weighted by Crippen LogP contribution is -2.13. The van der Waals surface area contributed by atoms with Crippen LogP contribution in [0.4, 0.5) is 5.69 Å². The van der Waals surface area contributed by atoms with Gasteiger partial charge < -0.3 is 5.32 Å². The average Bonchev–Trinajstić information content (AvgIpc) is 3.08. The van der Waals surface area contributed by atoms with E-state index in [0.717, 1.165) is 5.56 Å². The summed E-state index contributed by atoms with van der Waals surface area (Å²) in [5.41, 5.74) is 2.08. The topological polar surface area (TPSA) is 75.6 Å². The van der Waals surface area contributed by atoms with Crippen LogP contribution < -0.4 is 5.32 Å². The van der Waals surface area contributed by atoms with Crippen molar-refractivity contribution in [1.82, 2.24) is 20.0 Å². The van der Waals surface area contributed by atoms with Crippen LogP contribution in [0.15, 0.2) is 47.3 Å². The van der Waals surface area contributed by atoms with Crippen molar-refractivity contribution in [2.45, 2.75) is 6.54 Å². The van der Waals surface area contributed by atoms with Gasteiger partial charge in [-0.2, -0.15) is 10.2 Å². The van der Waals surface area contributed by atoms with Crippen molar-refractivity contribution >= 4 is 39.1 Å². The van der Waals surface area contributed by atoms with Crippen LogP contribution in [-0.2, 0) is 6.54 Å². The summed E-state index contributed by atoms with van der Waals surface area (Å²) in [5, 5.41) is 14.0. The predicted octanol–water partition coefficient (Wildman–Crippen LogP) is 3.32. The number of rotatable bonds is 4. The van der Waals surface area contributed by atoms with E-state index in [1.165, 1.54) is 6.20 Å². The van der Waals surface area contributed by atoms with Gasteiger partial charge in [-0.1, -0.05) is 23.7 Å². The molecule has 0 aliphatic heterocycles. The van der Waals surface area contributed by atoms with Crippen LogP contribution in [-0.4, -0.2) is 25.9 Å². The number of halogens is 2. The molecule has 3 aromatic rings. The zero-order valence-electron chi connectivity index (χ0n) is 11.3. The number of benzene rings is 1. The molecule has 0 aliphatic carbocycles. The average molecular weight is 381 g/mol. The van der Waals surface area contributed by atoms with Crippen molar-refractivity contribution in [2.24, 2.45) is 0 Å². The number of anilines is 1. The summed E-state index contributed by atoms with van der Waals surface area (Å²) in [4.78, 5) is 12.1. The zero-order chi connectivity index (χ0) is 15.5. The molecule has 0 unspecified atom stereocenters. The van der Waals surface area contributed by atoms with Gasteiger partial charge in [0, 0.05) is 11.9 Å². The Morgan fingerprint density at radius 3 is 2.95 bits per heavy atom. The molecule has 0 atom stereocenters. The molecular weight excluding hydrogens is 370 g/mol. The van der Waals surface area contributed by atoms with Gasteiger partial charge >= 0.3 is 0 Å². The molecule has 8 heteroatoms. The Bertz CT molecular complexity index is 813. The van der Waals surface area contributed by atoms with Gasteiger partial charge in [0.05, 0.1) is 28.4 Å². The van der Waals surface area contributed by atoms with Gasteiger partial charge in [-0.25, -0.2) is 0 Å². The van der Waals surface area contributed by atoms with Crippen LogP contribution in [0.2, 0.25) is 5.02 Å². The maximum atomic E-state index is 12.1. The summed E-state index contributed by atoms with van der Waals surface area (Å²) in [7, 11) is 0. The van der Waals surface area contributed by atoms with E-state index in [1.807, 2.05) is 24.3 Å². The Balaban J connectivity index is 1.74. The first-order valence-corrected chi connectivity index (χ1v) is 7.56.